The van der Waals surface area contributed by atoms with Gasteiger partial charge in [-0.2, -0.15) is 80.7 Å². The Morgan fingerprint density at radius 1 is 0.465 bits per heavy atom. The van der Waals surface area contributed by atoms with E-state index in [0.717, 1.165) is 97.1 Å². The van der Waals surface area contributed by atoms with Crippen LogP contribution in [0.1, 0.15) is 10.5 Å². The summed E-state index contributed by atoms with van der Waals surface area (Å²) in [5, 5.41) is 83.6. The lowest BCUT2D eigenvalue weighted by Crippen LogP contribution is -2.17. The first-order chi connectivity index (χ1) is 39.8. The second-order valence-electron chi connectivity index (χ2n) is 16.6. The van der Waals surface area contributed by atoms with Gasteiger partial charge in [0.05, 0.1) is 38.2 Å². The van der Waals surface area contributed by atoms with Crippen LogP contribution in [0.25, 0.3) is 16.8 Å². The van der Waals surface area contributed by atoms with E-state index in [1.165, 1.54) is 0 Å². The van der Waals surface area contributed by atoms with E-state index in [0.29, 0.717) is 28.9 Å². The Kier molecular flexibility index (Phi) is 17.8. The highest BCUT2D eigenvalue weighted by molar-refractivity contribution is 7.87. The smallest absolute Gasteiger partial charge is 0.358 e. The lowest BCUT2D eigenvalue weighted by atomic mass is 10.0. The zero-order valence-electron chi connectivity index (χ0n) is 41.7. The molecule has 0 aliphatic rings. The zero-order valence-corrected chi connectivity index (χ0v) is 46.6. The van der Waals surface area contributed by atoms with Crippen molar-refractivity contribution in [3.8, 4) is 22.7 Å². The average Bonchev–Trinajstić information content (AvgIpc) is 1.34. The normalized spacial score (nSPS) is 13.2. The number of carboxylic acids is 2. The number of aromatic hydroxyl groups is 1. The molecular weight excluding hydrogens is 1270 g/mol. The largest absolute Gasteiger partial charge is 0.493 e. The number of aliphatic carboxylic acids is 1. The quantitative estimate of drug-likeness (QED) is 0.0142. The van der Waals surface area contributed by atoms with Gasteiger partial charge in [0.1, 0.15) is 31.0 Å². The third kappa shape index (κ3) is 15.1. The highest BCUT2D eigenvalue weighted by Crippen LogP contribution is 2.40. The first-order valence-corrected chi connectivity index (χ1v) is 30.8. The highest BCUT2D eigenvalue weighted by atomic mass is 32.2. The van der Waals surface area contributed by atoms with Gasteiger partial charge in [0, 0.05) is 16.8 Å². The number of carboxylic acid groups (broad SMARTS) is 2. The van der Waals surface area contributed by atoms with Crippen molar-refractivity contribution in [2.75, 3.05) is 5.32 Å². The summed E-state index contributed by atoms with van der Waals surface area (Å²) in [6.07, 6.45) is 0. The van der Waals surface area contributed by atoms with Crippen molar-refractivity contribution in [2.45, 2.75) is 29.4 Å². The maximum atomic E-state index is 12.8. The minimum absolute atomic E-state index is 0.144. The Labute approximate surface area is 481 Å². The first kappa shape index (κ1) is 63.7. The van der Waals surface area contributed by atoms with Crippen LogP contribution in [0.4, 0.5) is 45.5 Å². The van der Waals surface area contributed by atoms with Crippen LogP contribution in [0, 0.1) is 5.41 Å². The van der Waals surface area contributed by atoms with Crippen LogP contribution in [0.2, 0.25) is 0 Å². The van der Waals surface area contributed by atoms with E-state index >= 15 is 0 Å². The van der Waals surface area contributed by atoms with Crippen molar-refractivity contribution < 1.29 is 108 Å². The Morgan fingerprint density at radius 3 is 1.23 bits per heavy atom. The minimum atomic E-state index is -5.37. The number of hydrogen-bond acceptors (Lipinski definition) is 27. The van der Waals surface area contributed by atoms with Gasteiger partial charge in [-0.1, -0.05) is 12.1 Å². The summed E-state index contributed by atoms with van der Waals surface area (Å²) in [4.78, 5) is 18.3. The molecule has 1 aromatic heterocycles. The van der Waals surface area contributed by atoms with Gasteiger partial charge in [-0.25, -0.2) is 9.59 Å². The van der Waals surface area contributed by atoms with Crippen molar-refractivity contribution in [3.05, 3.63) is 139 Å². The van der Waals surface area contributed by atoms with Crippen LogP contribution in [-0.4, -0.2) is 126 Å². The summed E-state index contributed by atoms with van der Waals surface area (Å²) < 4.78 is 206. The predicted octanol–water partition coefficient (Wildman–Crippen LogP) is 7.70. The number of aliphatic hydroxyl groups is 1. The molecule has 0 aliphatic carbocycles. The number of azo groups is 4. The summed E-state index contributed by atoms with van der Waals surface area (Å²) in [6.45, 7) is 0. The highest BCUT2D eigenvalue weighted by Gasteiger charge is 2.28. The molecule has 12 N–H and O–H groups in total. The van der Waals surface area contributed by atoms with Gasteiger partial charge >= 0.3 is 11.9 Å². The van der Waals surface area contributed by atoms with Crippen molar-refractivity contribution >= 4 is 124 Å². The summed E-state index contributed by atoms with van der Waals surface area (Å²) in [5.41, 5.74) is -9.12. The first-order valence-electron chi connectivity index (χ1n) is 22.2. The summed E-state index contributed by atoms with van der Waals surface area (Å²) >= 11 is 0. The van der Waals surface area contributed by atoms with Gasteiger partial charge in [-0.3, -0.25) is 32.7 Å². The zero-order chi connectivity index (χ0) is 63.6. The molecule has 86 heavy (non-hydrogen) atoms. The molecular formula is C44H32N12O24S6. The molecule has 0 atom stereocenters. The molecule has 0 saturated heterocycles. The van der Waals surface area contributed by atoms with Gasteiger partial charge < -0.3 is 25.7 Å². The van der Waals surface area contributed by atoms with Crippen molar-refractivity contribution in [1.29, 1.82) is 5.41 Å². The Bertz CT molecular complexity index is 4880. The SMILES string of the molecule is N=C(C(=O)O)/C(N=Nc1ccc(N=Nc2ccc(-c3ccc(N=Nc4ccc(N=Nc5c(C(=O)O)nn(-c6ccc(S(=O)(=O)O)cc6)c5O)c(S(=O)(=O)O)c4)cc3S(=O)(=O)O)c(S(=O)(=O)O)c2)cc1S(=O)(=O)O)=C(/O)Nc1ccc(S(=O)(=O)O)cc1. The number of nitrogens with zero attached hydrogens (tertiary/aromatic N) is 10. The molecule has 0 bridgehead atoms. The standard InChI is InChI=1S/C44H32N12O24S6/c45-37(43(59)60)38(41(57)46-21-1-9-27(10-2-21)81(63,64)65)53-51-31-15-5-24(19-35(31)85(75,76)77)49-47-22-3-13-29(33(17-22)83(69,70)71)30-14-4-23(18-34(30)84(72,73)74)48-50-25-6-16-32(36(20-25)86(78,79)80)52-54-39-40(44(61)62)55-56(42(39)58)26-7-11-28(12-8-26)82(66,67)68/h1-20,45-46,57-58H,(H,59,60)(H,61,62)(H,63,64,65)(H,66,67,68)(H,69,70,71)(H,72,73,74)(H,75,76,77)(H,78,79,80)/b41-38-,45-37?,49-47?,50-48?,53-51?,54-52?. The predicted molar refractivity (Wildman–Crippen MR) is 288 cm³/mol. The molecule has 448 valence electrons. The summed E-state index contributed by atoms with van der Waals surface area (Å²) in [7, 11) is -30.6. The Balaban J connectivity index is 1.17. The number of rotatable bonds is 21. The van der Waals surface area contributed by atoms with Crippen LogP contribution in [0.3, 0.4) is 0 Å². The maximum Gasteiger partial charge on any atom is 0.358 e. The van der Waals surface area contributed by atoms with E-state index in [1.54, 1.807) is 0 Å². The lowest BCUT2D eigenvalue weighted by molar-refractivity contribution is -0.129. The van der Waals surface area contributed by atoms with Crippen LogP contribution in [-0.2, 0) is 65.5 Å². The fourth-order valence-corrected chi connectivity index (χ4v) is 10.7. The second kappa shape index (κ2) is 24.0. The number of aliphatic hydroxyl groups excluding tert-OH is 1. The molecule has 0 amide bonds. The fraction of sp³-hybridized carbons (Fsp3) is 0. The summed E-state index contributed by atoms with van der Waals surface area (Å²) in [6, 6.07) is 17.6. The van der Waals surface area contributed by atoms with E-state index in [1.807, 2.05) is 0 Å². The van der Waals surface area contributed by atoms with E-state index in [2.05, 4.69) is 51.3 Å². The maximum absolute atomic E-state index is 12.8. The third-order valence-electron chi connectivity index (χ3n) is 10.8. The molecule has 7 rings (SSSR count). The molecule has 1 heterocycles. The topological polar surface area (TPSA) is 594 Å². The van der Waals surface area contributed by atoms with Crippen LogP contribution >= 0.6 is 0 Å². The molecule has 0 radical (unpaired) electrons. The Hall–Kier alpha value is -9.86. The van der Waals surface area contributed by atoms with Crippen molar-refractivity contribution in [1.82, 2.24) is 9.78 Å². The number of nitrogens with one attached hydrogen (secondary N) is 2. The number of aromatic nitrogens is 2. The molecule has 42 heteroatoms. The Morgan fingerprint density at radius 2 is 0.849 bits per heavy atom. The molecule has 0 saturated carbocycles. The minimum Gasteiger partial charge on any atom is -0.493 e. The fourth-order valence-electron chi connectivity index (χ4n) is 6.97. The van der Waals surface area contributed by atoms with E-state index in [-0.39, 0.29) is 11.4 Å². The van der Waals surface area contributed by atoms with Crippen LogP contribution < -0.4 is 5.32 Å². The molecule has 0 unspecified atom stereocenters. The second-order valence-corrected chi connectivity index (χ2v) is 25.0. The van der Waals surface area contributed by atoms with E-state index < -0.39 is 182 Å². The van der Waals surface area contributed by atoms with Crippen LogP contribution in [0.5, 0.6) is 5.88 Å². The summed E-state index contributed by atoms with van der Waals surface area (Å²) in [5.74, 6) is -5.98. The third-order valence-corrected chi connectivity index (χ3v) is 16.1. The monoisotopic (exact) mass is 1300 g/mol. The van der Waals surface area contributed by atoms with Gasteiger partial charge in [0.2, 0.25) is 17.5 Å². The molecule has 0 fully saturated rings. The number of hydrogen-bond donors (Lipinski definition) is 12. The molecule has 0 aliphatic heterocycles. The average molecular weight is 1310 g/mol. The molecule has 36 nitrogen and oxygen atoms in total. The van der Waals surface area contributed by atoms with Crippen LogP contribution in [0.15, 0.2) is 203 Å². The van der Waals surface area contributed by atoms with Crippen molar-refractivity contribution in [2.24, 2.45) is 40.9 Å². The molecule has 7 aromatic rings. The van der Waals surface area contributed by atoms with Gasteiger partial charge in [0.25, 0.3) is 60.7 Å². The van der Waals surface area contributed by atoms with Gasteiger partial charge in [-0.15, -0.1) is 20.5 Å². The number of anilines is 1. The van der Waals surface area contributed by atoms with E-state index in [9.17, 15) is 108 Å². The number of aromatic carboxylic acids is 1. The number of benzene rings is 6. The van der Waals surface area contributed by atoms with Gasteiger partial charge in [-0.05, 0) is 109 Å². The molecule has 6 aromatic carbocycles. The number of carbonyl (C=O) groups is 2. The van der Waals surface area contributed by atoms with E-state index in [4.69, 9.17) is 5.41 Å². The lowest BCUT2D eigenvalue weighted by Gasteiger charge is -2.12. The molecule has 0 spiro atoms. The van der Waals surface area contributed by atoms with Gasteiger partial charge in [0.15, 0.2) is 17.1 Å². The van der Waals surface area contributed by atoms with Crippen molar-refractivity contribution in [3.63, 3.8) is 0 Å².